The first-order valence-corrected chi connectivity index (χ1v) is 3.79. The number of ether oxygens (including phenoxy) is 1. The van der Waals surface area contributed by atoms with Gasteiger partial charge < -0.3 is 4.74 Å². The summed E-state index contributed by atoms with van der Waals surface area (Å²) in [4.78, 5) is 23.7. The van der Waals surface area contributed by atoms with Crippen LogP contribution in [0.4, 0.5) is 13.2 Å². The van der Waals surface area contributed by atoms with Gasteiger partial charge in [0, 0.05) is 12.3 Å². The van der Waals surface area contributed by atoms with Gasteiger partial charge in [0.2, 0.25) is 5.88 Å². The van der Waals surface area contributed by atoms with Crippen LogP contribution in [-0.2, 0) is 4.74 Å². The molecule has 16 heavy (non-hydrogen) atoms. The van der Waals surface area contributed by atoms with Crippen molar-refractivity contribution in [3.05, 3.63) is 39.2 Å². The van der Waals surface area contributed by atoms with Gasteiger partial charge in [-0.1, -0.05) is 0 Å². The zero-order valence-electron chi connectivity index (χ0n) is 10.5. The van der Waals surface area contributed by atoms with Gasteiger partial charge >= 0.3 is 11.9 Å². The van der Waals surface area contributed by atoms with E-state index in [0.29, 0.717) is 6.20 Å². The van der Waals surface area contributed by atoms with Gasteiger partial charge in [-0.25, -0.2) is 9.36 Å². The van der Waals surface area contributed by atoms with Crippen molar-refractivity contribution in [2.24, 2.45) is 0 Å². The standard InChI is InChI=1S/C8H7F3N2O3/c1-16-6(4-8(9,10)11)13-3-2-5(14)12-7(13)15/h2-4H,1H3,(H,12,14,15)/b6-4+/i1D3. The Morgan fingerprint density at radius 2 is 2.31 bits per heavy atom. The Morgan fingerprint density at radius 1 is 1.62 bits per heavy atom. The molecule has 0 saturated carbocycles. The highest BCUT2D eigenvalue weighted by molar-refractivity contribution is 5.37. The number of methoxy groups -OCH3 is 1. The number of hydrogen-bond acceptors (Lipinski definition) is 3. The van der Waals surface area contributed by atoms with Crippen molar-refractivity contribution < 1.29 is 22.0 Å². The summed E-state index contributed by atoms with van der Waals surface area (Å²) < 4.78 is 61.3. The molecule has 0 spiro atoms. The molecule has 8 heteroatoms. The second kappa shape index (κ2) is 4.25. The Bertz CT molecular complexity index is 600. The highest BCUT2D eigenvalue weighted by Gasteiger charge is 2.26. The van der Waals surface area contributed by atoms with Gasteiger partial charge in [0.25, 0.3) is 5.56 Å². The lowest BCUT2D eigenvalue weighted by molar-refractivity contribution is -0.0808. The van der Waals surface area contributed by atoms with Gasteiger partial charge in [0.05, 0.1) is 17.2 Å². The van der Waals surface area contributed by atoms with Gasteiger partial charge in [-0.05, 0) is 0 Å². The van der Waals surface area contributed by atoms with E-state index in [9.17, 15) is 22.8 Å². The SMILES string of the molecule is [2H]C([2H])([2H])O/C(=C/C(F)(F)F)n1ccc(=O)[nH]c1=O. The van der Waals surface area contributed by atoms with Crippen molar-refractivity contribution in [1.29, 1.82) is 0 Å². The molecule has 0 radical (unpaired) electrons. The summed E-state index contributed by atoms with van der Waals surface area (Å²) in [5.41, 5.74) is -2.10. The number of H-pyrrole nitrogens is 1. The largest absolute Gasteiger partial charge is 0.482 e. The van der Waals surface area contributed by atoms with E-state index in [1.54, 1.807) is 4.98 Å². The van der Waals surface area contributed by atoms with E-state index in [0.717, 1.165) is 6.07 Å². The minimum absolute atomic E-state index is 0.223. The lowest BCUT2D eigenvalue weighted by atomic mass is 10.5. The third-order valence-corrected chi connectivity index (χ3v) is 1.45. The van der Waals surface area contributed by atoms with E-state index >= 15 is 0 Å². The van der Waals surface area contributed by atoms with Gasteiger partial charge in [-0.3, -0.25) is 9.78 Å². The first-order chi connectivity index (χ1) is 8.48. The van der Waals surface area contributed by atoms with Crippen molar-refractivity contribution >= 4 is 5.88 Å². The summed E-state index contributed by atoms with van der Waals surface area (Å²) in [6.45, 7) is 0. The van der Waals surface area contributed by atoms with Crippen LogP contribution < -0.4 is 11.2 Å². The first-order valence-electron chi connectivity index (χ1n) is 5.29. The molecule has 0 aliphatic heterocycles. The maximum Gasteiger partial charge on any atom is 0.414 e. The average molecular weight is 239 g/mol. The lowest BCUT2D eigenvalue weighted by Gasteiger charge is -2.09. The fourth-order valence-electron chi connectivity index (χ4n) is 0.879. The Hall–Kier alpha value is -1.99. The second-order valence-corrected chi connectivity index (χ2v) is 2.61. The number of rotatable bonds is 2. The van der Waals surface area contributed by atoms with Crippen LogP contribution in [0.15, 0.2) is 27.9 Å². The Balaban J connectivity index is 3.36. The summed E-state index contributed by atoms with van der Waals surface area (Å²) in [5.74, 6) is -1.27. The lowest BCUT2D eigenvalue weighted by Crippen LogP contribution is -2.29. The molecule has 0 aliphatic carbocycles. The number of allylic oxidation sites excluding steroid dienone is 1. The summed E-state index contributed by atoms with van der Waals surface area (Å²) in [7, 11) is -3.19. The zero-order valence-corrected chi connectivity index (χ0v) is 7.54. The van der Waals surface area contributed by atoms with Gasteiger partial charge in [0.15, 0.2) is 0 Å². The minimum atomic E-state index is -4.91. The molecule has 0 atom stereocenters. The van der Waals surface area contributed by atoms with Crippen LogP contribution in [0.3, 0.4) is 0 Å². The summed E-state index contributed by atoms with van der Waals surface area (Å²) in [5, 5.41) is 0. The number of halogens is 3. The van der Waals surface area contributed by atoms with Crippen molar-refractivity contribution in [1.82, 2.24) is 9.55 Å². The number of aromatic amines is 1. The van der Waals surface area contributed by atoms with Crippen LogP contribution in [0.1, 0.15) is 4.11 Å². The number of nitrogens with zero attached hydrogens (tertiary/aromatic N) is 1. The molecule has 1 aromatic heterocycles. The predicted octanol–water partition coefficient (Wildman–Crippen LogP) is 0.544. The third-order valence-electron chi connectivity index (χ3n) is 1.45. The molecule has 1 aromatic rings. The van der Waals surface area contributed by atoms with Crippen LogP contribution >= 0.6 is 0 Å². The van der Waals surface area contributed by atoms with E-state index in [4.69, 9.17) is 4.11 Å². The molecule has 88 valence electrons. The van der Waals surface area contributed by atoms with E-state index < -0.39 is 36.4 Å². The maximum atomic E-state index is 12.3. The Kier molecular flexibility index (Phi) is 2.18. The van der Waals surface area contributed by atoms with Crippen LogP contribution in [-0.4, -0.2) is 22.8 Å². The summed E-state index contributed by atoms with van der Waals surface area (Å²) in [6, 6.07) is 0.745. The average Bonchev–Trinajstić information content (AvgIpc) is 2.11. The monoisotopic (exact) mass is 239 g/mol. The van der Waals surface area contributed by atoms with Gasteiger partial charge in [-0.2, -0.15) is 13.2 Å². The van der Waals surface area contributed by atoms with Gasteiger partial charge in [-0.15, -0.1) is 0 Å². The van der Waals surface area contributed by atoms with Crippen LogP contribution in [0.2, 0.25) is 0 Å². The van der Waals surface area contributed by atoms with Crippen LogP contribution in [0.25, 0.3) is 5.88 Å². The Morgan fingerprint density at radius 3 is 2.81 bits per heavy atom. The van der Waals surface area contributed by atoms with E-state index in [1.165, 1.54) is 0 Å². The summed E-state index contributed by atoms with van der Waals surface area (Å²) >= 11 is 0. The van der Waals surface area contributed by atoms with Gasteiger partial charge in [0.1, 0.15) is 0 Å². The molecule has 0 aromatic carbocycles. The molecule has 0 saturated heterocycles. The fourth-order valence-corrected chi connectivity index (χ4v) is 0.879. The zero-order chi connectivity index (χ0) is 14.8. The number of aromatic nitrogens is 2. The normalized spacial score (nSPS) is 16.2. The predicted molar refractivity (Wildman–Crippen MR) is 48.7 cm³/mol. The first kappa shape index (κ1) is 8.20. The third kappa shape index (κ3) is 3.01. The van der Waals surface area contributed by atoms with E-state index in [-0.39, 0.29) is 4.57 Å². The van der Waals surface area contributed by atoms with Crippen molar-refractivity contribution in [2.45, 2.75) is 6.18 Å². The second-order valence-electron chi connectivity index (χ2n) is 2.61. The molecule has 0 fully saturated rings. The topological polar surface area (TPSA) is 64.1 Å². The van der Waals surface area contributed by atoms with Crippen molar-refractivity contribution in [3.63, 3.8) is 0 Å². The molecule has 1 heterocycles. The molecule has 0 aliphatic rings. The maximum absolute atomic E-state index is 12.3. The van der Waals surface area contributed by atoms with Crippen molar-refractivity contribution in [2.75, 3.05) is 7.04 Å². The highest BCUT2D eigenvalue weighted by atomic mass is 19.4. The van der Waals surface area contributed by atoms with Crippen LogP contribution in [0, 0.1) is 0 Å². The smallest absolute Gasteiger partial charge is 0.414 e. The summed E-state index contributed by atoms with van der Waals surface area (Å²) in [6.07, 6.45) is -4.74. The quantitative estimate of drug-likeness (QED) is 0.766. The number of alkyl halides is 3. The number of hydrogen-bond donors (Lipinski definition) is 1. The molecular weight excluding hydrogens is 229 g/mol. The molecule has 5 nitrogen and oxygen atoms in total. The molecule has 0 bridgehead atoms. The number of nitrogens with one attached hydrogen (secondary N) is 1. The molecule has 0 unspecified atom stereocenters. The Labute approximate surface area is 91.0 Å². The van der Waals surface area contributed by atoms with Crippen LogP contribution in [0.5, 0.6) is 0 Å². The molecule has 0 amide bonds. The van der Waals surface area contributed by atoms with E-state index in [2.05, 4.69) is 4.74 Å². The fraction of sp³-hybridized carbons (Fsp3) is 0.250. The molecule has 1 N–H and O–H groups in total. The highest BCUT2D eigenvalue weighted by Crippen LogP contribution is 2.19. The minimum Gasteiger partial charge on any atom is -0.482 e. The van der Waals surface area contributed by atoms with Crippen molar-refractivity contribution in [3.8, 4) is 0 Å². The van der Waals surface area contributed by atoms with E-state index in [1.807, 2.05) is 0 Å². The molecular formula is C8H7F3N2O3. The molecule has 1 rings (SSSR count).